The molecule has 0 radical (unpaired) electrons. The molecule has 1 heterocycles. The van der Waals surface area contributed by atoms with Gasteiger partial charge in [0.15, 0.2) is 11.6 Å². The van der Waals surface area contributed by atoms with Crippen LogP contribution in [0.15, 0.2) is 6.20 Å². The molecule has 0 aliphatic carbocycles. The number of rotatable bonds is 1. The lowest BCUT2D eigenvalue weighted by Gasteiger charge is -2.09. The van der Waals surface area contributed by atoms with Crippen molar-refractivity contribution in [1.29, 1.82) is 0 Å². The summed E-state index contributed by atoms with van der Waals surface area (Å²) < 4.78 is 12.5. The molecule has 4 nitrogen and oxygen atoms in total. The molecule has 0 aromatic carbocycles. The summed E-state index contributed by atoms with van der Waals surface area (Å²) in [4.78, 5) is 9.04. The van der Waals surface area contributed by atoms with Crippen molar-refractivity contribution < 1.29 is 4.39 Å². The van der Waals surface area contributed by atoms with Gasteiger partial charge in [0, 0.05) is 14.1 Å². The molecule has 0 unspecified atom stereocenters. The third-order valence-corrected chi connectivity index (χ3v) is 1.16. The number of nitrogens with two attached hydrogens (primary N) is 1. The van der Waals surface area contributed by atoms with E-state index >= 15 is 0 Å². The summed E-state index contributed by atoms with van der Waals surface area (Å²) in [6.45, 7) is 0. The van der Waals surface area contributed by atoms with E-state index in [2.05, 4.69) is 9.97 Å². The molecule has 1 aromatic heterocycles. The SMILES string of the molecule is CN(C)c1ncc(F)c(N)n1. The summed E-state index contributed by atoms with van der Waals surface area (Å²) in [7, 11) is 3.51. The van der Waals surface area contributed by atoms with E-state index in [1.807, 2.05) is 0 Å². The maximum atomic E-state index is 12.5. The Morgan fingerprint density at radius 2 is 2.18 bits per heavy atom. The summed E-state index contributed by atoms with van der Waals surface area (Å²) in [5, 5.41) is 0. The third kappa shape index (κ3) is 1.54. The van der Waals surface area contributed by atoms with Crippen LogP contribution in [-0.2, 0) is 0 Å². The Balaban J connectivity index is 3.05. The van der Waals surface area contributed by atoms with Crippen molar-refractivity contribution >= 4 is 11.8 Å². The fraction of sp³-hybridized carbons (Fsp3) is 0.333. The van der Waals surface area contributed by atoms with E-state index in [1.54, 1.807) is 19.0 Å². The van der Waals surface area contributed by atoms with E-state index in [9.17, 15) is 4.39 Å². The Morgan fingerprint density at radius 1 is 1.55 bits per heavy atom. The zero-order valence-electron chi connectivity index (χ0n) is 6.37. The van der Waals surface area contributed by atoms with Crippen LogP contribution in [0.25, 0.3) is 0 Å². The fourth-order valence-corrected chi connectivity index (χ4v) is 0.586. The zero-order valence-corrected chi connectivity index (χ0v) is 6.37. The van der Waals surface area contributed by atoms with Gasteiger partial charge in [0.05, 0.1) is 6.20 Å². The van der Waals surface area contributed by atoms with Crippen LogP contribution in [0, 0.1) is 5.82 Å². The van der Waals surface area contributed by atoms with Gasteiger partial charge >= 0.3 is 0 Å². The molecular weight excluding hydrogens is 147 g/mol. The van der Waals surface area contributed by atoms with Crippen molar-refractivity contribution in [3.8, 4) is 0 Å². The number of nitrogen functional groups attached to an aromatic ring is 1. The third-order valence-electron chi connectivity index (χ3n) is 1.16. The normalized spacial score (nSPS) is 9.73. The topological polar surface area (TPSA) is 55.0 Å². The number of anilines is 2. The minimum atomic E-state index is -0.587. The molecule has 0 aliphatic rings. The molecule has 0 atom stereocenters. The van der Waals surface area contributed by atoms with Gasteiger partial charge in [-0.1, -0.05) is 0 Å². The highest BCUT2D eigenvalue weighted by Gasteiger charge is 2.03. The van der Waals surface area contributed by atoms with Gasteiger partial charge in [-0.25, -0.2) is 9.37 Å². The van der Waals surface area contributed by atoms with E-state index < -0.39 is 5.82 Å². The lowest BCUT2D eigenvalue weighted by atomic mass is 10.5. The maximum absolute atomic E-state index is 12.5. The van der Waals surface area contributed by atoms with Crippen LogP contribution in [0.1, 0.15) is 0 Å². The first kappa shape index (κ1) is 7.71. The molecule has 0 saturated heterocycles. The zero-order chi connectivity index (χ0) is 8.43. The van der Waals surface area contributed by atoms with Crippen LogP contribution >= 0.6 is 0 Å². The number of hydrogen-bond donors (Lipinski definition) is 1. The maximum Gasteiger partial charge on any atom is 0.226 e. The number of nitrogens with zero attached hydrogens (tertiary/aromatic N) is 3. The molecular formula is C6H9FN4. The molecule has 2 N–H and O–H groups in total. The van der Waals surface area contributed by atoms with E-state index in [4.69, 9.17) is 5.73 Å². The Morgan fingerprint density at radius 3 is 2.64 bits per heavy atom. The predicted octanol–water partition coefficient (Wildman–Crippen LogP) is 0.264. The average Bonchev–Trinajstić information content (AvgIpc) is 1.94. The molecule has 0 aliphatic heterocycles. The molecule has 0 amide bonds. The summed E-state index contributed by atoms with van der Waals surface area (Å²) in [6, 6.07) is 0. The second kappa shape index (κ2) is 2.69. The van der Waals surface area contributed by atoms with Crippen molar-refractivity contribution in [2.75, 3.05) is 24.7 Å². The van der Waals surface area contributed by atoms with Crippen LogP contribution in [0.2, 0.25) is 0 Å². The summed E-state index contributed by atoms with van der Waals surface area (Å²) >= 11 is 0. The molecule has 1 rings (SSSR count). The molecule has 11 heavy (non-hydrogen) atoms. The first-order valence-corrected chi connectivity index (χ1v) is 3.06. The van der Waals surface area contributed by atoms with Crippen LogP contribution in [-0.4, -0.2) is 24.1 Å². The Hall–Kier alpha value is -1.39. The van der Waals surface area contributed by atoms with Gasteiger partial charge in [0.1, 0.15) is 0 Å². The van der Waals surface area contributed by atoms with Gasteiger partial charge in [-0.2, -0.15) is 4.98 Å². The first-order valence-electron chi connectivity index (χ1n) is 3.06. The molecule has 0 bridgehead atoms. The Labute approximate surface area is 63.9 Å². The lowest BCUT2D eigenvalue weighted by molar-refractivity contribution is 0.619. The predicted molar refractivity (Wildman–Crippen MR) is 40.7 cm³/mol. The van der Waals surface area contributed by atoms with E-state index in [-0.39, 0.29) is 5.82 Å². The van der Waals surface area contributed by atoms with Crippen LogP contribution < -0.4 is 10.6 Å². The minimum absolute atomic E-state index is 0.122. The van der Waals surface area contributed by atoms with Crippen molar-refractivity contribution in [2.45, 2.75) is 0 Å². The van der Waals surface area contributed by atoms with E-state index in [1.165, 1.54) is 0 Å². The molecule has 5 heteroatoms. The Kier molecular flexibility index (Phi) is 1.89. The summed E-state index contributed by atoms with van der Waals surface area (Å²) in [5.74, 6) is -0.303. The van der Waals surface area contributed by atoms with Crippen molar-refractivity contribution in [3.63, 3.8) is 0 Å². The highest BCUT2D eigenvalue weighted by atomic mass is 19.1. The van der Waals surface area contributed by atoms with Gasteiger partial charge < -0.3 is 10.6 Å². The molecule has 0 fully saturated rings. The van der Waals surface area contributed by atoms with Gasteiger partial charge in [-0.3, -0.25) is 0 Å². The molecule has 1 aromatic rings. The summed E-state index contributed by atoms with van der Waals surface area (Å²) in [6.07, 6.45) is 1.05. The number of halogens is 1. The largest absolute Gasteiger partial charge is 0.381 e. The van der Waals surface area contributed by atoms with Crippen molar-refractivity contribution in [2.24, 2.45) is 0 Å². The van der Waals surface area contributed by atoms with Crippen molar-refractivity contribution in [3.05, 3.63) is 12.0 Å². The van der Waals surface area contributed by atoms with Gasteiger partial charge in [0.25, 0.3) is 0 Å². The smallest absolute Gasteiger partial charge is 0.226 e. The standard InChI is InChI=1S/C6H9FN4/c1-11(2)6-9-3-4(7)5(8)10-6/h3H,1-2H3,(H2,8,9,10). The van der Waals surface area contributed by atoms with Crippen LogP contribution in [0.3, 0.4) is 0 Å². The fourth-order valence-electron chi connectivity index (χ4n) is 0.586. The second-order valence-corrected chi connectivity index (χ2v) is 2.30. The highest BCUT2D eigenvalue weighted by Crippen LogP contribution is 2.08. The second-order valence-electron chi connectivity index (χ2n) is 2.30. The molecule has 0 saturated carbocycles. The first-order chi connectivity index (χ1) is 5.11. The quantitative estimate of drug-likeness (QED) is 0.633. The average molecular weight is 156 g/mol. The summed E-state index contributed by atoms with van der Waals surface area (Å²) in [5.41, 5.74) is 5.21. The Bertz CT molecular complexity index is 261. The highest BCUT2D eigenvalue weighted by molar-refractivity contribution is 5.37. The van der Waals surface area contributed by atoms with Crippen LogP contribution in [0.4, 0.5) is 16.2 Å². The monoisotopic (exact) mass is 156 g/mol. The van der Waals surface area contributed by atoms with Crippen molar-refractivity contribution in [1.82, 2.24) is 9.97 Å². The molecule has 60 valence electrons. The van der Waals surface area contributed by atoms with Gasteiger partial charge in [-0.05, 0) is 0 Å². The van der Waals surface area contributed by atoms with E-state index in [0.29, 0.717) is 5.95 Å². The van der Waals surface area contributed by atoms with Crippen LogP contribution in [0.5, 0.6) is 0 Å². The minimum Gasteiger partial charge on any atom is -0.381 e. The van der Waals surface area contributed by atoms with Gasteiger partial charge in [0.2, 0.25) is 5.95 Å². The number of aromatic nitrogens is 2. The van der Waals surface area contributed by atoms with Gasteiger partial charge in [-0.15, -0.1) is 0 Å². The number of hydrogen-bond acceptors (Lipinski definition) is 4. The van der Waals surface area contributed by atoms with E-state index in [0.717, 1.165) is 6.20 Å². The molecule has 0 spiro atoms. The lowest BCUT2D eigenvalue weighted by Crippen LogP contribution is -2.13.